The molecule has 1 fully saturated rings. The first kappa shape index (κ1) is 20.0. The highest BCUT2D eigenvalue weighted by Gasteiger charge is 2.33. The van der Waals surface area contributed by atoms with E-state index in [2.05, 4.69) is 0 Å². The van der Waals surface area contributed by atoms with Gasteiger partial charge in [-0.25, -0.2) is 8.78 Å². The van der Waals surface area contributed by atoms with E-state index in [1.54, 1.807) is 21.9 Å². The molecule has 148 valence electrons. The lowest BCUT2D eigenvalue weighted by Gasteiger charge is -2.34. The van der Waals surface area contributed by atoms with E-state index in [0.717, 1.165) is 5.56 Å². The fourth-order valence-corrected chi connectivity index (χ4v) is 3.50. The van der Waals surface area contributed by atoms with E-state index in [1.165, 1.54) is 36.4 Å². The van der Waals surface area contributed by atoms with Crippen LogP contribution in [0, 0.1) is 17.6 Å². The van der Waals surface area contributed by atoms with Crippen LogP contribution in [0.5, 0.6) is 0 Å². The molecule has 0 N–H and O–H groups in total. The minimum atomic E-state index is -0.395. The van der Waals surface area contributed by atoms with Gasteiger partial charge in [0.1, 0.15) is 11.6 Å². The van der Waals surface area contributed by atoms with Crippen LogP contribution in [0.1, 0.15) is 36.2 Å². The molecule has 0 spiro atoms. The highest BCUT2D eigenvalue weighted by atomic mass is 19.1. The SMILES string of the molecule is CC(C)[C@@H]1CN(C(=O)c2ccc(F)cc2)CCC(=O)N1Cc1ccc(F)cc1. The van der Waals surface area contributed by atoms with Crippen LogP contribution in [0.2, 0.25) is 0 Å². The minimum absolute atomic E-state index is 0.0302. The summed E-state index contributed by atoms with van der Waals surface area (Å²) in [6.45, 7) is 5.13. The normalized spacial score (nSPS) is 17.8. The summed E-state index contributed by atoms with van der Waals surface area (Å²) in [5.41, 5.74) is 1.25. The third-order valence-electron chi connectivity index (χ3n) is 5.14. The van der Waals surface area contributed by atoms with Gasteiger partial charge in [0.15, 0.2) is 0 Å². The van der Waals surface area contributed by atoms with E-state index < -0.39 is 5.82 Å². The Bertz CT molecular complexity index is 835. The van der Waals surface area contributed by atoms with Crippen molar-refractivity contribution in [1.29, 1.82) is 0 Å². The molecule has 1 heterocycles. The van der Waals surface area contributed by atoms with Crippen molar-refractivity contribution in [3.63, 3.8) is 0 Å². The van der Waals surface area contributed by atoms with Crippen LogP contribution in [-0.2, 0) is 11.3 Å². The van der Waals surface area contributed by atoms with Crippen LogP contribution < -0.4 is 0 Å². The van der Waals surface area contributed by atoms with Gasteiger partial charge in [-0.05, 0) is 47.9 Å². The van der Waals surface area contributed by atoms with Gasteiger partial charge in [0.25, 0.3) is 5.91 Å². The molecule has 6 heteroatoms. The molecule has 0 bridgehead atoms. The van der Waals surface area contributed by atoms with E-state index in [0.29, 0.717) is 25.2 Å². The summed E-state index contributed by atoms with van der Waals surface area (Å²) < 4.78 is 26.3. The average molecular weight is 386 g/mol. The quantitative estimate of drug-likeness (QED) is 0.801. The van der Waals surface area contributed by atoms with E-state index in [9.17, 15) is 18.4 Å². The van der Waals surface area contributed by atoms with Gasteiger partial charge in [0, 0.05) is 31.6 Å². The Morgan fingerprint density at radius 1 is 1.04 bits per heavy atom. The summed E-state index contributed by atoms with van der Waals surface area (Å²) >= 11 is 0. The molecule has 0 radical (unpaired) electrons. The summed E-state index contributed by atoms with van der Waals surface area (Å²) in [5.74, 6) is -0.818. The van der Waals surface area contributed by atoms with Crippen molar-refractivity contribution < 1.29 is 18.4 Å². The molecule has 2 amide bonds. The van der Waals surface area contributed by atoms with Gasteiger partial charge in [-0.2, -0.15) is 0 Å². The zero-order valence-corrected chi connectivity index (χ0v) is 16.1. The van der Waals surface area contributed by atoms with Gasteiger partial charge in [-0.3, -0.25) is 9.59 Å². The van der Waals surface area contributed by atoms with Crippen LogP contribution in [-0.4, -0.2) is 40.7 Å². The first-order valence-electron chi connectivity index (χ1n) is 9.44. The molecule has 2 aromatic carbocycles. The summed E-state index contributed by atoms with van der Waals surface area (Å²) in [4.78, 5) is 29.1. The number of amides is 2. The molecule has 0 saturated carbocycles. The predicted molar refractivity (Wildman–Crippen MR) is 102 cm³/mol. The lowest BCUT2D eigenvalue weighted by Crippen LogP contribution is -2.47. The number of halogens is 2. The molecule has 1 aliphatic heterocycles. The second-order valence-corrected chi connectivity index (χ2v) is 7.47. The van der Waals surface area contributed by atoms with Crippen molar-refractivity contribution >= 4 is 11.8 Å². The summed E-state index contributed by atoms with van der Waals surface area (Å²) in [7, 11) is 0. The van der Waals surface area contributed by atoms with Gasteiger partial charge in [-0.15, -0.1) is 0 Å². The Morgan fingerprint density at radius 3 is 2.18 bits per heavy atom. The van der Waals surface area contributed by atoms with Crippen molar-refractivity contribution in [1.82, 2.24) is 9.80 Å². The molecule has 1 aliphatic rings. The van der Waals surface area contributed by atoms with Crippen LogP contribution >= 0.6 is 0 Å². The molecule has 4 nitrogen and oxygen atoms in total. The Labute approximate surface area is 163 Å². The third kappa shape index (κ3) is 4.55. The van der Waals surface area contributed by atoms with Gasteiger partial charge < -0.3 is 9.80 Å². The second-order valence-electron chi connectivity index (χ2n) is 7.47. The molecule has 2 aromatic rings. The fraction of sp³-hybridized carbons (Fsp3) is 0.364. The number of nitrogens with zero attached hydrogens (tertiary/aromatic N) is 2. The lowest BCUT2D eigenvalue weighted by molar-refractivity contribution is -0.134. The molecule has 28 heavy (non-hydrogen) atoms. The lowest BCUT2D eigenvalue weighted by atomic mass is 10.0. The fourth-order valence-electron chi connectivity index (χ4n) is 3.50. The van der Waals surface area contributed by atoms with Gasteiger partial charge in [-0.1, -0.05) is 26.0 Å². The second kappa shape index (κ2) is 8.50. The highest BCUT2D eigenvalue weighted by Crippen LogP contribution is 2.22. The Kier molecular flexibility index (Phi) is 6.07. The summed E-state index contributed by atoms with van der Waals surface area (Å²) in [6, 6.07) is 11.4. The maximum Gasteiger partial charge on any atom is 0.253 e. The molecular formula is C22H24F2N2O2. The van der Waals surface area contributed by atoms with Crippen LogP contribution in [0.25, 0.3) is 0 Å². The van der Waals surface area contributed by atoms with E-state index in [4.69, 9.17) is 0 Å². The minimum Gasteiger partial charge on any atom is -0.336 e. The summed E-state index contributed by atoms with van der Waals surface area (Å²) in [5, 5.41) is 0. The Morgan fingerprint density at radius 2 is 1.61 bits per heavy atom. The van der Waals surface area contributed by atoms with Crippen molar-refractivity contribution in [3.8, 4) is 0 Å². The number of rotatable bonds is 4. The molecule has 0 aromatic heterocycles. The number of carbonyl (C=O) groups excluding carboxylic acids is 2. The monoisotopic (exact) mass is 386 g/mol. The van der Waals surface area contributed by atoms with Crippen LogP contribution in [0.15, 0.2) is 48.5 Å². The first-order valence-corrected chi connectivity index (χ1v) is 9.44. The molecule has 1 atom stereocenters. The first-order chi connectivity index (χ1) is 13.3. The van der Waals surface area contributed by atoms with E-state index >= 15 is 0 Å². The average Bonchev–Trinajstić information content (AvgIpc) is 2.83. The maximum absolute atomic E-state index is 13.2. The molecule has 3 rings (SSSR count). The van der Waals surface area contributed by atoms with E-state index in [1.807, 2.05) is 13.8 Å². The molecule has 0 aliphatic carbocycles. The standard InChI is InChI=1S/C22H24F2N2O2/c1-15(2)20-14-25(22(28)17-5-9-19(24)10-6-17)12-11-21(27)26(20)13-16-3-7-18(23)8-4-16/h3-10,15,20H,11-14H2,1-2H3/t20-/m0/s1. The van der Waals surface area contributed by atoms with Gasteiger partial charge in [0.05, 0.1) is 6.04 Å². The largest absolute Gasteiger partial charge is 0.336 e. The predicted octanol–water partition coefficient (Wildman–Crippen LogP) is 3.86. The molecule has 0 unspecified atom stereocenters. The van der Waals surface area contributed by atoms with Crippen molar-refractivity contribution in [3.05, 3.63) is 71.3 Å². The van der Waals surface area contributed by atoms with Crippen LogP contribution in [0.3, 0.4) is 0 Å². The topological polar surface area (TPSA) is 40.6 Å². The summed E-state index contributed by atoms with van der Waals surface area (Å²) in [6.07, 6.45) is 0.220. The van der Waals surface area contributed by atoms with Gasteiger partial charge in [0.2, 0.25) is 5.91 Å². The molecular weight excluding hydrogens is 362 g/mol. The van der Waals surface area contributed by atoms with E-state index in [-0.39, 0.29) is 36.0 Å². The Balaban J connectivity index is 1.82. The Hall–Kier alpha value is -2.76. The zero-order valence-electron chi connectivity index (χ0n) is 16.1. The van der Waals surface area contributed by atoms with Gasteiger partial charge >= 0.3 is 0 Å². The zero-order chi connectivity index (χ0) is 20.3. The number of hydrogen-bond donors (Lipinski definition) is 0. The van der Waals surface area contributed by atoms with Crippen LogP contribution in [0.4, 0.5) is 8.78 Å². The number of hydrogen-bond acceptors (Lipinski definition) is 2. The van der Waals surface area contributed by atoms with Crippen molar-refractivity contribution in [2.24, 2.45) is 5.92 Å². The highest BCUT2D eigenvalue weighted by molar-refractivity contribution is 5.94. The third-order valence-corrected chi connectivity index (χ3v) is 5.14. The maximum atomic E-state index is 13.2. The van der Waals surface area contributed by atoms with Crippen molar-refractivity contribution in [2.45, 2.75) is 32.9 Å². The number of benzene rings is 2. The molecule has 1 saturated heterocycles. The number of carbonyl (C=O) groups is 2. The van der Waals surface area contributed by atoms with Crippen molar-refractivity contribution in [2.75, 3.05) is 13.1 Å². The smallest absolute Gasteiger partial charge is 0.253 e.